The zero-order chi connectivity index (χ0) is 9.42. The highest BCUT2D eigenvalue weighted by atomic mass is 35.5. The van der Waals surface area contributed by atoms with E-state index >= 15 is 0 Å². The molecule has 2 aliphatic heterocycles. The van der Waals surface area contributed by atoms with Crippen molar-refractivity contribution < 1.29 is 4.79 Å². The first-order valence-corrected chi connectivity index (χ1v) is 5.63. The second-order valence-electron chi connectivity index (χ2n) is 4.40. The minimum Gasteiger partial charge on any atom is -0.336 e. The van der Waals surface area contributed by atoms with Crippen molar-refractivity contribution in [3.05, 3.63) is 0 Å². The van der Waals surface area contributed by atoms with Crippen LogP contribution in [0.2, 0.25) is 0 Å². The molecule has 2 bridgehead atoms. The van der Waals surface area contributed by atoms with Crippen LogP contribution in [0.4, 0.5) is 0 Å². The van der Waals surface area contributed by atoms with E-state index in [0.29, 0.717) is 12.1 Å². The zero-order valence-electron chi connectivity index (χ0n) is 8.00. The van der Waals surface area contributed by atoms with Crippen molar-refractivity contribution in [2.24, 2.45) is 5.92 Å². The monoisotopic (exact) mass is 201 g/mol. The lowest BCUT2D eigenvalue weighted by atomic mass is 9.92. The lowest BCUT2D eigenvalue weighted by Gasteiger charge is -2.37. The molecule has 0 aromatic carbocycles. The van der Waals surface area contributed by atoms with Crippen molar-refractivity contribution in [3.8, 4) is 0 Å². The average molecular weight is 202 g/mol. The Bertz CT molecular complexity index is 205. The van der Waals surface area contributed by atoms with E-state index in [4.69, 9.17) is 11.6 Å². The zero-order valence-corrected chi connectivity index (χ0v) is 8.76. The first-order chi connectivity index (χ1) is 6.22. The molecule has 3 heteroatoms. The Balaban J connectivity index is 2.10. The van der Waals surface area contributed by atoms with Crippen LogP contribution >= 0.6 is 11.6 Å². The molecule has 0 aliphatic carbocycles. The highest BCUT2D eigenvalue weighted by Gasteiger charge is 2.41. The highest BCUT2D eigenvalue weighted by Crippen LogP contribution is 2.38. The van der Waals surface area contributed by atoms with Gasteiger partial charge in [-0.3, -0.25) is 4.79 Å². The molecule has 0 aromatic heterocycles. The Labute approximate surface area is 84.2 Å². The van der Waals surface area contributed by atoms with Crippen LogP contribution in [0, 0.1) is 5.92 Å². The number of amides is 1. The molecule has 0 spiro atoms. The Morgan fingerprint density at radius 1 is 1.38 bits per heavy atom. The number of hydrogen-bond acceptors (Lipinski definition) is 1. The number of rotatable bonds is 1. The summed E-state index contributed by atoms with van der Waals surface area (Å²) in [5, 5.41) is 0. The molecule has 74 valence electrons. The van der Waals surface area contributed by atoms with E-state index in [-0.39, 0.29) is 11.8 Å². The van der Waals surface area contributed by atoms with Gasteiger partial charge in [-0.2, -0.15) is 0 Å². The quantitative estimate of drug-likeness (QED) is 0.595. The number of halogens is 1. The van der Waals surface area contributed by atoms with Gasteiger partial charge in [-0.05, 0) is 31.6 Å². The fourth-order valence-corrected chi connectivity index (χ4v) is 3.06. The van der Waals surface area contributed by atoms with Crippen LogP contribution in [0.15, 0.2) is 0 Å². The van der Waals surface area contributed by atoms with E-state index in [0.717, 1.165) is 5.92 Å². The van der Waals surface area contributed by atoms with E-state index in [9.17, 15) is 4.79 Å². The summed E-state index contributed by atoms with van der Waals surface area (Å²) in [4.78, 5) is 13.6. The second kappa shape index (κ2) is 3.49. The molecule has 2 heterocycles. The van der Waals surface area contributed by atoms with Gasteiger partial charge >= 0.3 is 0 Å². The number of piperidine rings is 1. The van der Waals surface area contributed by atoms with Gasteiger partial charge in [-0.25, -0.2) is 0 Å². The number of hydrogen-bond donors (Lipinski definition) is 0. The minimum atomic E-state index is 0.140. The summed E-state index contributed by atoms with van der Waals surface area (Å²) in [5.41, 5.74) is 0. The molecule has 2 fully saturated rings. The van der Waals surface area contributed by atoms with E-state index in [1.165, 1.54) is 25.7 Å². The van der Waals surface area contributed by atoms with Crippen molar-refractivity contribution >= 4 is 17.5 Å². The molecular weight excluding hydrogens is 186 g/mol. The number of carbonyl (C=O) groups excluding carboxylic acids is 1. The molecule has 0 radical (unpaired) electrons. The van der Waals surface area contributed by atoms with Crippen molar-refractivity contribution in [1.82, 2.24) is 4.90 Å². The van der Waals surface area contributed by atoms with Gasteiger partial charge in [0.05, 0.1) is 0 Å². The normalized spacial score (nSPS) is 38.0. The van der Waals surface area contributed by atoms with Crippen molar-refractivity contribution in [2.45, 2.75) is 44.7 Å². The van der Waals surface area contributed by atoms with E-state index in [1.54, 1.807) is 0 Å². The summed E-state index contributed by atoms with van der Waals surface area (Å²) in [6.45, 7) is 2.29. The topological polar surface area (TPSA) is 20.3 Å². The molecule has 1 amide bonds. The van der Waals surface area contributed by atoms with Crippen LogP contribution in [0.3, 0.4) is 0 Å². The van der Waals surface area contributed by atoms with Crippen LogP contribution in [0.1, 0.15) is 32.6 Å². The number of carbonyl (C=O) groups is 1. The molecule has 0 aromatic rings. The third-order valence-electron chi connectivity index (χ3n) is 3.37. The summed E-state index contributed by atoms with van der Waals surface area (Å²) in [6.07, 6.45) is 4.74. The SMILES string of the molecule is CC1CC2CCC(C1)N2C(=O)CCl. The van der Waals surface area contributed by atoms with Crippen molar-refractivity contribution in [2.75, 3.05) is 5.88 Å². The summed E-state index contributed by atoms with van der Waals surface area (Å²) >= 11 is 5.59. The van der Waals surface area contributed by atoms with Crippen molar-refractivity contribution in [3.63, 3.8) is 0 Å². The van der Waals surface area contributed by atoms with Gasteiger partial charge in [0.15, 0.2) is 0 Å². The first kappa shape index (κ1) is 9.32. The third kappa shape index (κ3) is 1.56. The molecule has 2 atom stereocenters. The standard InChI is InChI=1S/C10H16ClNO/c1-7-4-8-2-3-9(5-7)12(8)10(13)6-11/h7-9H,2-6H2,1H3. The van der Waals surface area contributed by atoms with Gasteiger partial charge in [-0.15, -0.1) is 11.6 Å². The van der Waals surface area contributed by atoms with E-state index in [1.807, 2.05) is 4.90 Å². The second-order valence-corrected chi connectivity index (χ2v) is 4.66. The number of nitrogens with zero attached hydrogens (tertiary/aromatic N) is 1. The maximum atomic E-state index is 11.5. The molecule has 13 heavy (non-hydrogen) atoms. The molecule has 2 aliphatic rings. The van der Waals surface area contributed by atoms with Gasteiger partial charge in [0.2, 0.25) is 5.91 Å². The Morgan fingerprint density at radius 2 is 1.92 bits per heavy atom. The van der Waals surface area contributed by atoms with Crippen LogP contribution in [-0.2, 0) is 4.79 Å². The Morgan fingerprint density at radius 3 is 2.38 bits per heavy atom. The third-order valence-corrected chi connectivity index (χ3v) is 3.60. The predicted molar refractivity (Wildman–Crippen MR) is 52.8 cm³/mol. The summed E-state index contributed by atoms with van der Waals surface area (Å²) in [5.74, 6) is 1.08. The summed E-state index contributed by atoms with van der Waals surface area (Å²) in [7, 11) is 0. The number of fused-ring (bicyclic) bond motifs is 2. The van der Waals surface area contributed by atoms with Crippen LogP contribution < -0.4 is 0 Å². The Kier molecular flexibility index (Phi) is 2.50. The van der Waals surface area contributed by atoms with Gasteiger partial charge in [0, 0.05) is 12.1 Å². The molecule has 2 saturated heterocycles. The molecular formula is C10H16ClNO. The summed E-state index contributed by atoms with van der Waals surface area (Å²) in [6, 6.07) is 1.00. The molecule has 2 unspecified atom stereocenters. The molecule has 2 nitrogen and oxygen atoms in total. The van der Waals surface area contributed by atoms with Gasteiger partial charge < -0.3 is 4.90 Å². The lowest BCUT2D eigenvalue weighted by molar-refractivity contribution is -0.133. The van der Waals surface area contributed by atoms with Crippen LogP contribution in [0.5, 0.6) is 0 Å². The van der Waals surface area contributed by atoms with Crippen LogP contribution in [0.25, 0.3) is 0 Å². The fourth-order valence-electron chi connectivity index (χ4n) is 2.93. The Hall–Kier alpha value is -0.240. The molecule has 0 saturated carbocycles. The predicted octanol–water partition coefficient (Wildman–Crippen LogP) is 2.01. The van der Waals surface area contributed by atoms with E-state index in [2.05, 4.69) is 6.92 Å². The fraction of sp³-hybridized carbons (Fsp3) is 0.900. The number of alkyl halides is 1. The lowest BCUT2D eigenvalue weighted by Crippen LogP contribution is -2.46. The smallest absolute Gasteiger partial charge is 0.237 e. The largest absolute Gasteiger partial charge is 0.336 e. The highest BCUT2D eigenvalue weighted by molar-refractivity contribution is 6.27. The van der Waals surface area contributed by atoms with Crippen LogP contribution in [-0.4, -0.2) is 28.8 Å². The molecule has 0 N–H and O–H groups in total. The van der Waals surface area contributed by atoms with Gasteiger partial charge in [0.1, 0.15) is 5.88 Å². The van der Waals surface area contributed by atoms with Gasteiger partial charge in [-0.1, -0.05) is 6.92 Å². The summed E-state index contributed by atoms with van der Waals surface area (Å²) < 4.78 is 0. The first-order valence-electron chi connectivity index (χ1n) is 5.09. The minimum absolute atomic E-state index is 0.140. The maximum Gasteiger partial charge on any atom is 0.237 e. The van der Waals surface area contributed by atoms with Crippen molar-refractivity contribution in [1.29, 1.82) is 0 Å². The van der Waals surface area contributed by atoms with E-state index < -0.39 is 0 Å². The molecule has 2 rings (SSSR count). The maximum absolute atomic E-state index is 11.5. The average Bonchev–Trinajstić information content (AvgIpc) is 2.37. The van der Waals surface area contributed by atoms with Gasteiger partial charge in [0.25, 0.3) is 0 Å².